The van der Waals surface area contributed by atoms with Crippen LogP contribution in [0.4, 0.5) is 8.63 Å². The summed E-state index contributed by atoms with van der Waals surface area (Å²) in [5.41, 5.74) is 4.49. The molecule has 0 unspecified atom stereocenters. The van der Waals surface area contributed by atoms with Gasteiger partial charge in [0.2, 0.25) is 11.8 Å². The number of ketones is 2. The second-order valence-corrected chi connectivity index (χ2v) is 24.5. The van der Waals surface area contributed by atoms with E-state index in [0.717, 1.165) is 181 Å². The maximum absolute atomic E-state index is 13.4. The third kappa shape index (κ3) is 18.8. The van der Waals surface area contributed by atoms with Gasteiger partial charge in [0.1, 0.15) is 23.8 Å². The number of rotatable bonds is 18. The number of likely N-dealkylation sites (tertiary alicyclic amines) is 2. The molecule has 2 saturated heterocycles. The van der Waals surface area contributed by atoms with E-state index < -0.39 is 6.70 Å². The first kappa shape index (κ1) is 62.2. The van der Waals surface area contributed by atoms with E-state index in [1.54, 1.807) is 26.2 Å². The van der Waals surface area contributed by atoms with Crippen molar-refractivity contribution in [3.63, 3.8) is 0 Å². The Morgan fingerprint density at radius 2 is 1.03 bits per heavy atom. The van der Waals surface area contributed by atoms with Crippen LogP contribution in [-0.2, 0) is 22.7 Å². The summed E-state index contributed by atoms with van der Waals surface area (Å²) in [5.74, 6) is 4.48. The minimum atomic E-state index is -2.94. The summed E-state index contributed by atoms with van der Waals surface area (Å²) in [4.78, 5) is 61.8. The van der Waals surface area contributed by atoms with Crippen molar-refractivity contribution in [3.8, 4) is 11.8 Å². The molecule has 78 heavy (non-hydrogen) atoms. The number of carbonyl (C=O) groups is 4. The van der Waals surface area contributed by atoms with Gasteiger partial charge in [-0.25, -0.2) is 9.97 Å². The van der Waals surface area contributed by atoms with Crippen molar-refractivity contribution in [1.82, 2.24) is 39.3 Å². The van der Waals surface area contributed by atoms with E-state index in [4.69, 9.17) is 14.6 Å². The van der Waals surface area contributed by atoms with Gasteiger partial charge in [-0.05, 0) is 188 Å². The fourth-order valence-electron chi connectivity index (χ4n) is 11.8. The number of amides is 2. The Morgan fingerprint density at radius 1 is 0.603 bits per heavy atom. The summed E-state index contributed by atoms with van der Waals surface area (Å²) >= 11 is 3.54. The quantitative estimate of drug-likeness (QED) is 0.0880. The minimum Gasteiger partial charge on any atom is -0.478 e. The smallest absolute Gasteiger partial charge is 0.478 e. The number of carbonyl (C=O) groups excluding carboxylic acids is 4. The number of piperidine rings is 2. The van der Waals surface area contributed by atoms with Crippen LogP contribution in [0.5, 0.6) is 11.8 Å². The van der Waals surface area contributed by atoms with E-state index in [0.29, 0.717) is 66.9 Å². The van der Waals surface area contributed by atoms with Gasteiger partial charge >= 0.3 is 58.1 Å². The van der Waals surface area contributed by atoms with Gasteiger partial charge in [-0.2, -0.15) is 10.2 Å². The zero-order valence-electron chi connectivity index (χ0n) is 47.4. The molecule has 19 heteroatoms. The molecule has 2 aliphatic heterocycles. The van der Waals surface area contributed by atoms with Crippen LogP contribution >= 0.6 is 15.9 Å². The van der Waals surface area contributed by atoms with Crippen LogP contribution in [0.25, 0.3) is 0 Å². The number of Topliss-reactive ketones (excluding diaryl/α,β-unsaturated/α-hetero) is 2. The average molecular weight is 1170 g/mol. The van der Waals surface area contributed by atoms with E-state index in [1.165, 1.54) is 0 Å². The van der Waals surface area contributed by atoms with Crippen molar-refractivity contribution in [2.45, 2.75) is 200 Å². The molecule has 0 aromatic carbocycles. The van der Waals surface area contributed by atoms with Crippen molar-refractivity contribution in [3.05, 3.63) is 81.6 Å². The van der Waals surface area contributed by atoms with Crippen molar-refractivity contribution in [1.29, 1.82) is 0 Å². The fraction of sp³-hybridized carbons (Fsp3) is 0.661. The Bertz CT molecular complexity index is 2590. The number of aryl methyl sites for hydroxylation is 4. The Kier molecular flexibility index (Phi) is 23.6. The van der Waals surface area contributed by atoms with Gasteiger partial charge in [0.15, 0.2) is 11.4 Å². The first-order valence-corrected chi connectivity index (χ1v) is 29.8. The van der Waals surface area contributed by atoms with Crippen LogP contribution in [0.3, 0.4) is 0 Å². The number of nitrogens with zero attached hydrogens (tertiary/aromatic N) is 8. The third-order valence-electron chi connectivity index (χ3n) is 16.9. The van der Waals surface area contributed by atoms with Gasteiger partial charge < -0.3 is 37.5 Å². The molecule has 0 atom stereocenters. The minimum absolute atomic E-state index is 0. The predicted octanol–water partition coefficient (Wildman–Crippen LogP) is 9.70. The maximum Gasteiger partial charge on any atom is 1.00 e. The molecule has 4 aliphatic carbocycles. The molecule has 6 fully saturated rings. The molecule has 0 spiro atoms. The summed E-state index contributed by atoms with van der Waals surface area (Å²) < 4.78 is 40.9. The summed E-state index contributed by atoms with van der Waals surface area (Å²) in [7, 11) is 0. The molecule has 420 valence electrons. The Hall–Kier alpha value is -3.36. The number of ether oxygens (including phenoxy) is 2. The van der Waals surface area contributed by atoms with Crippen LogP contribution in [0.15, 0.2) is 53.5 Å². The molecule has 4 aromatic heterocycles. The molecule has 6 heterocycles. The molecule has 0 N–H and O–H groups in total. The summed E-state index contributed by atoms with van der Waals surface area (Å²) in [6.07, 6.45) is 27.8. The number of pyridine rings is 2. The van der Waals surface area contributed by atoms with Crippen LogP contribution in [-0.4, -0.2) is 108 Å². The molecule has 6 aliphatic rings. The largest absolute Gasteiger partial charge is 1.00 e. The van der Waals surface area contributed by atoms with Gasteiger partial charge in [-0.3, -0.25) is 19.0 Å². The van der Waals surface area contributed by atoms with E-state index in [2.05, 4.69) is 37.2 Å². The zero-order valence-corrected chi connectivity index (χ0v) is 52.1. The Morgan fingerprint density at radius 3 is 1.41 bits per heavy atom. The SMILES string of the molecule is CC(=O)CC1CCN(C(=O)c2nn(CCC3CCC(Oc4ncccc4C)CC3)cc2Br)CC1.CC(=O)CC1CCN(C(=O)c2nn(CCC3CCC(Oc4ncccc4C)CC3)cc2C2CC2)CC1.C[B-](F)(F)C1CC1.[K+]. The van der Waals surface area contributed by atoms with Gasteiger partial charge in [0, 0.05) is 93.6 Å². The number of halogens is 3. The number of hydrogen-bond acceptors (Lipinski definition) is 10. The van der Waals surface area contributed by atoms with Gasteiger partial charge in [-0.1, -0.05) is 25.0 Å². The molecular formula is C59H83BBrF2KN8O6. The van der Waals surface area contributed by atoms with E-state index in [9.17, 15) is 27.8 Å². The van der Waals surface area contributed by atoms with Gasteiger partial charge in [-0.15, -0.1) is 12.6 Å². The molecule has 4 aromatic rings. The topological polar surface area (TPSA) is 155 Å². The van der Waals surface area contributed by atoms with Gasteiger partial charge in [0.05, 0.1) is 4.47 Å². The zero-order chi connectivity index (χ0) is 54.6. The molecule has 2 amide bonds. The molecule has 0 bridgehead atoms. The molecule has 10 rings (SSSR count). The second kappa shape index (κ2) is 29.6. The fourth-order valence-corrected chi connectivity index (χ4v) is 12.2. The standard InChI is InChI=1S/C29H40N4O3.C26H35BrN4O3.C4H8BF2.K/c1-20-4-3-14-30-28(20)36-25-9-5-22(6-10-25)13-17-33-19-26(24-7-8-24)27(31-33)29(35)32-15-11-23(12-16-32)18-21(2)34;1-18-4-3-12-28-25(18)34-22-7-5-20(6-8-22)11-15-31-17-23(27)24(29-31)26(33)30-13-9-21(10-14-30)16-19(2)32;1-5(6,7)4-2-3-4;/h3-4,14,19,22-25H,5-13,15-18H2,1-2H3;3-4,12,17,20-22H,5-11,13-16H2,1-2H3;4H,2-3H2,1H3;/q;;-1;+1. The summed E-state index contributed by atoms with van der Waals surface area (Å²) in [6.45, 7) is 10.0. The first-order chi connectivity index (χ1) is 36.9. The first-order valence-electron chi connectivity index (χ1n) is 29.1. The average Bonchev–Trinajstić information content (AvgIpc) is 4.38. The maximum atomic E-state index is 13.4. The second-order valence-electron chi connectivity index (χ2n) is 23.6. The Balaban J connectivity index is 0.000000199. The molecule has 14 nitrogen and oxygen atoms in total. The van der Waals surface area contributed by atoms with Crippen LogP contribution < -0.4 is 60.9 Å². The van der Waals surface area contributed by atoms with E-state index >= 15 is 0 Å². The van der Waals surface area contributed by atoms with Crippen LogP contribution in [0.2, 0.25) is 12.6 Å². The summed E-state index contributed by atoms with van der Waals surface area (Å²) in [5, 5.41) is 9.43. The van der Waals surface area contributed by atoms with Crippen LogP contribution in [0, 0.1) is 37.5 Å². The molecule has 0 radical (unpaired) electrons. The van der Waals surface area contributed by atoms with Crippen molar-refractivity contribution in [2.24, 2.45) is 23.7 Å². The number of hydrogen-bond donors (Lipinski definition) is 0. The summed E-state index contributed by atoms with van der Waals surface area (Å²) in [6, 6.07) is 7.96. The normalized spacial score (nSPS) is 22.0. The number of aromatic nitrogens is 6. The molecular weight excluding hydrogens is 1080 g/mol. The van der Waals surface area contributed by atoms with Crippen LogP contribution in [0.1, 0.15) is 186 Å². The van der Waals surface area contributed by atoms with Crippen molar-refractivity contribution >= 4 is 46.0 Å². The third-order valence-corrected chi connectivity index (χ3v) is 17.5. The monoisotopic (exact) mass is 1170 g/mol. The van der Waals surface area contributed by atoms with Crippen molar-refractivity contribution in [2.75, 3.05) is 26.2 Å². The Labute approximate surface area is 512 Å². The van der Waals surface area contributed by atoms with Crippen molar-refractivity contribution < 1.29 is 88.7 Å². The van der Waals surface area contributed by atoms with E-state index in [1.807, 2.05) is 63.5 Å². The van der Waals surface area contributed by atoms with Gasteiger partial charge in [0.25, 0.3) is 11.8 Å². The molecule has 4 saturated carbocycles. The van der Waals surface area contributed by atoms with E-state index in [-0.39, 0.29) is 92.8 Å². The predicted molar refractivity (Wildman–Crippen MR) is 299 cm³/mol.